The lowest BCUT2D eigenvalue weighted by molar-refractivity contribution is -0.120. The van der Waals surface area contributed by atoms with Gasteiger partial charge in [-0.3, -0.25) is 19.1 Å². The summed E-state index contributed by atoms with van der Waals surface area (Å²) in [5, 5.41) is 0. The summed E-state index contributed by atoms with van der Waals surface area (Å²) in [6.07, 6.45) is 2.59. The van der Waals surface area contributed by atoms with E-state index in [9.17, 15) is 14.4 Å². The number of hydrogen-bond donors (Lipinski definition) is 2. The number of carbonyl (C=O) groups is 1. The number of benzene rings is 1. The molecule has 1 saturated heterocycles. The molecule has 2 heterocycles. The second kappa shape index (κ2) is 12.3. The number of aromatic amines is 1. The van der Waals surface area contributed by atoms with Crippen molar-refractivity contribution in [3.05, 3.63) is 56.7 Å². The zero-order chi connectivity index (χ0) is 23.6. The number of methoxy groups -OCH3 is 1. The highest BCUT2D eigenvalue weighted by Crippen LogP contribution is 2.19. The van der Waals surface area contributed by atoms with Crippen LogP contribution in [-0.2, 0) is 25.5 Å². The van der Waals surface area contributed by atoms with Gasteiger partial charge in [0.15, 0.2) is 5.69 Å². The minimum absolute atomic E-state index is 0.0363. The normalized spacial score (nSPS) is 15.6. The Morgan fingerprint density at radius 1 is 1.27 bits per heavy atom. The summed E-state index contributed by atoms with van der Waals surface area (Å²) in [6.45, 7) is 2.15. The summed E-state index contributed by atoms with van der Waals surface area (Å²) in [5.41, 5.74) is 5.75. The van der Waals surface area contributed by atoms with Crippen LogP contribution in [0.2, 0.25) is 0 Å². The Hall–Kier alpha value is -2.95. The average Bonchev–Trinajstić information content (AvgIpc) is 3.32. The molecule has 1 atom stereocenters. The van der Waals surface area contributed by atoms with Crippen LogP contribution in [0.3, 0.4) is 0 Å². The van der Waals surface area contributed by atoms with Crippen molar-refractivity contribution in [2.75, 3.05) is 50.7 Å². The first kappa shape index (κ1) is 24.7. The van der Waals surface area contributed by atoms with Gasteiger partial charge in [0.25, 0.3) is 5.56 Å². The lowest BCUT2D eigenvalue weighted by atomic mass is 10.2. The maximum atomic E-state index is 13.1. The number of ether oxygens (including phenoxy) is 3. The minimum Gasteiger partial charge on any atom is -0.385 e. The molecule has 0 saturated carbocycles. The van der Waals surface area contributed by atoms with E-state index in [2.05, 4.69) is 4.98 Å². The summed E-state index contributed by atoms with van der Waals surface area (Å²) in [4.78, 5) is 41.9. The number of anilines is 2. The SMILES string of the molecule is COCCCN(C(=O)CCOCC1CCCO1)c1c(N)n(Cc2ccccc2)c(=O)[nH]c1=O. The molecule has 1 fully saturated rings. The van der Waals surface area contributed by atoms with E-state index in [0.717, 1.165) is 25.0 Å². The van der Waals surface area contributed by atoms with E-state index in [1.165, 1.54) is 9.47 Å². The molecule has 10 nitrogen and oxygen atoms in total. The van der Waals surface area contributed by atoms with Gasteiger partial charge in [-0.1, -0.05) is 30.3 Å². The molecule has 1 amide bonds. The molecule has 2 aromatic rings. The number of hydrogen-bond acceptors (Lipinski definition) is 7. The van der Waals surface area contributed by atoms with E-state index in [0.29, 0.717) is 19.6 Å². The summed E-state index contributed by atoms with van der Waals surface area (Å²) in [5.74, 6) is -0.376. The van der Waals surface area contributed by atoms with Crippen molar-refractivity contribution in [2.24, 2.45) is 0 Å². The van der Waals surface area contributed by atoms with Crippen LogP contribution in [0, 0.1) is 0 Å². The Bertz CT molecular complexity index is 1010. The first-order chi connectivity index (χ1) is 16.0. The average molecular weight is 461 g/mol. The third kappa shape index (κ3) is 6.77. The van der Waals surface area contributed by atoms with Crippen molar-refractivity contribution >= 4 is 17.4 Å². The van der Waals surface area contributed by atoms with Gasteiger partial charge in [0.1, 0.15) is 5.82 Å². The van der Waals surface area contributed by atoms with Gasteiger partial charge in [0.2, 0.25) is 5.91 Å². The summed E-state index contributed by atoms with van der Waals surface area (Å²) < 4.78 is 17.5. The van der Waals surface area contributed by atoms with Crippen LogP contribution < -0.4 is 21.9 Å². The molecule has 0 spiro atoms. The van der Waals surface area contributed by atoms with Crippen molar-refractivity contribution in [2.45, 2.75) is 38.3 Å². The zero-order valence-corrected chi connectivity index (χ0v) is 19.0. The second-order valence-corrected chi connectivity index (χ2v) is 7.92. The Morgan fingerprint density at radius 3 is 2.76 bits per heavy atom. The van der Waals surface area contributed by atoms with Crippen molar-refractivity contribution < 1.29 is 19.0 Å². The Balaban J connectivity index is 1.79. The third-order valence-corrected chi connectivity index (χ3v) is 5.49. The number of nitrogens with zero attached hydrogens (tertiary/aromatic N) is 2. The quantitative estimate of drug-likeness (QED) is 0.454. The number of nitrogens with one attached hydrogen (secondary N) is 1. The van der Waals surface area contributed by atoms with E-state index < -0.39 is 11.2 Å². The van der Waals surface area contributed by atoms with Gasteiger partial charge in [-0.25, -0.2) is 4.79 Å². The van der Waals surface area contributed by atoms with Gasteiger partial charge in [-0.05, 0) is 24.8 Å². The van der Waals surface area contributed by atoms with Gasteiger partial charge >= 0.3 is 5.69 Å². The third-order valence-electron chi connectivity index (χ3n) is 5.49. The largest absolute Gasteiger partial charge is 0.385 e. The number of H-pyrrole nitrogens is 1. The molecule has 1 aliphatic rings. The van der Waals surface area contributed by atoms with E-state index in [1.807, 2.05) is 30.3 Å². The predicted octanol–water partition coefficient (Wildman–Crippen LogP) is 1.12. The lowest BCUT2D eigenvalue weighted by Gasteiger charge is -2.24. The molecule has 1 aromatic heterocycles. The van der Waals surface area contributed by atoms with Gasteiger partial charge in [0.05, 0.1) is 32.3 Å². The van der Waals surface area contributed by atoms with Crippen LogP contribution in [0.1, 0.15) is 31.2 Å². The van der Waals surface area contributed by atoms with Crippen molar-refractivity contribution in [1.29, 1.82) is 0 Å². The van der Waals surface area contributed by atoms with Crippen LogP contribution in [0.5, 0.6) is 0 Å². The monoisotopic (exact) mass is 460 g/mol. The summed E-state index contributed by atoms with van der Waals surface area (Å²) >= 11 is 0. The van der Waals surface area contributed by atoms with Gasteiger partial charge in [-0.15, -0.1) is 0 Å². The van der Waals surface area contributed by atoms with Crippen LogP contribution in [0.4, 0.5) is 11.5 Å². The molecule has 10 heteroatoms. The standard InChI is InChI=1S/C23H32N4O6/c1-31-12-6-11-26(19(28)10-14-32-16-18-9-5-13-33-18)20-21(24)27(23(30)25-22(20)29)15-17-7-3-2-4-8-17/h2-4,7-8,18H,5-6,9-16,24H2,1H3,(H,25,29,30). The van der Waals surface area contributed by atoms with Crippen molar-refractivity contribution in [1.82, 2.24) is 9.55 Å². The molecule has 0 bridgehead atoms. The highest BCUT2D eigenvalue weighted by Gasteiger charge is 2.24. The highest BCUT2D eigenvalue weighted by atomic mass is 16.5. The topological polar surface area (TPSA) is 129 Å². The number of rotatable bonds is 12. The molecule has 180 valence electrons. The van der Waals surface area contributed by atoms with Crippen molar-refractivity contribution in [3.8, 4) is 0 Å². The molecule has 0 aliphatic carbocycles. The van der Waals surface area contributed by atoms with Gasteiger partial charge < -0.3 is 24.8 Å². The smallest absolute Gasteiger partial charge is 0.330 e. The number of carbonyl (C=O) groups excluding carboxylic acids is 1. The summed E-state index contributed by atoms with van der Waals surface area (Å²) in [6, 6.07) is 9.26. The molecule has 1 aliphatic heterocycles. The molecular formula is C23H32N4O6. The number of amides is 1. The maximum absolute atomic E-state index is 13.1. The van der Waals surface area contributed by atoms with Gasteiger partial charge in [0, 0.05) is 26.9 Å². The predicted molar refractivity (Wildman–Crippen MR) is 125 cm³/mol. The molecule has 0 radical (unpaired) electrons. The maximum Gasteiger partial charge on any atom is 0.330 e. The first-order valence-electron chi connectivity index (χ1n) is 11.2. The van der Waals surface area contributed by atoms with Crippen LogP contribution in [0.15, 0.2) is 39.9 Å². The van der Waals surface area contributed by atoms with Crippen LogP contribution in [-0.4, -0.2) is 61.6 Å². The fourth-order valence-corrected chi connectivity index (χ4v) is 3.77. The van der Waals surface area contributed by atoms with Gasteiger partial charge in [-0.2, -0.15) is 0 Å². The van der Waals surface area contributed by atoms with E-state index in [-0.39, 0.29) is 49.6 Å². The first-order valence-corrected chi connectivity index (χ1v) is 11.2. The Labute approximate surface area is 192 Å². The second-order valence-electron chi connectivity index (χ2n) is 7.92. The molecule has 3 N–H and O–H groups in total. The fraction of sp³-hybridized carbons (Fsp3) is 0.522. The molecule has 1 unspecified atom stereocenters. The molecule has 33 heavy (non-hydrogen) atoms. The number of aromatic nitrogens is 2. The van der Waals surface area contributed by atoms with E-state index in [4.69, 9.17) is 19.9 Å². The molecular weight excluding hydrogens is 428 g/mol. The zero-order valence-electron chi connectivity index (χ0n) is 19.0. The van der Waals surface area contributed by atoms with Crippen LogP contribution >= 0.6 is 0 Å². The minimum atomic E-state index is -0.701. The molecule has 3 rings (SSSR count). The Kier molecular flexibility index (Phi) is 9.23. The lowest BCUT2D eigenvalue weighted by Crippen LogP contribution is -2.42. The highest BCUT2D eigenvalue weighted by molar-refractivity contribution is 5.95. The fourth-order valence-electron chi connectivity index (χ4n) is 3.77. The number of nitrogen functional groups attached to an aromatic ring is 1. The van der Waals surface area contributed by atoms with E-state index >= 15 is 0 Å². The molecule has 1 aromatic carbocycles. The Morgan fingerprint density at radius 2 is 2.06 bits per heavy atom. The van der Waals surface area contributed by atoms with Crippen molar-refractivity contribution in [3.63, 3.8) is 0 Å². The van der Waals surface area contributed by atoms with Crippen LogP contribution in [0.25, 0.3) is 0 Å². The summed E-state index contributed by atoms with van der Waals surface area (Å²) in [7, 11) is 1.56. The van der Waals surface area contributed by atoms with E-state index in [1.54, 1.807) is 7.11 Å². The number of nitrogens with two attached hydrogens (primary N) is 1.